The quantitative estimate of drug-likeness (QED) is 0.741. The van der Waals surface area contributed by atoms with Crippen molar-refractivity contribution in [2.24, 2.45) is 0 Å². The van der Waals surface area contributed by atoms with Crippen LogP contribution in [0.1, 0.15) is 19.4 Å². The molecule has 2 atom stereocenters. The van der Waals surface area contributed by atoms with Crippen LogP contribution in [0.3, 0.4) is 0 Å². The molecule has 0 aromatic heterocycles. The predicted molar refractivity (Wildman–Crippen MR) is 69.6 cm³/mol. The predicted octanol–water partition coefficient (Wildman–Crippen LogP) is 2.03. The molecule has 2 N–H and O–H groups in total. The van der Waals surface area contributed by atoms with E-state index in [1.54, 1.807) is 0 Å². The second-order valence-electron chi connectivity index (χ2n) is 4.04. The van der Waals surface area contributed by atoms with Crippen molar-refractivity contribution in [3.8, 4) is 0 Å². The van der Waals surface area contributed by atoms with Crippen LogP contribution in [-0.2, 0) is 10.3 Å². The van der Waals surface area contributed by atoms with Gasteiger partial charge in [0.15, 0.2) is 5.60 Å². The van der Waals surface area contributed by atoms with Gasteiger partial charge in [0.25, 0.3) is 0 Å². The van der Waals surface area contributed by atoms with Gasteiger partial charge in [-0.1, -0.05) is 43.8 Å². The number of hydrogen-bond donors (Lipinski definition) is 2. The third-order valence-corrected chi connectivity index (χ3v) is 3.02. The minimum atomic E-state index is -1.22. The molecule has 0 aliphatic heterocycles. The van der Waals surface area contributed by atoms with Crippen LogP contribution in [0.2, 0.25) is 0 Å². The lowest BCUT2D eigenvalue weighted by Crippen LogP contribution is -2.48. The van der Waals surface area contributed by atoms with Crippen LogP contribution in [0.5, 0.6) is 0 Å². The van der Waals surface area contributed by atoms with Crippen molar-refractivity contribution in [3.63, 3.8) is 0 Å². The van der Waals surface area contributed by atoms with Crippen molar-refractivity contribution < 1.29 is 9.84 Å². The molecule has 0 spiro atoms. The van der Waals surface area contributed by atoms with Gasteiger partial charge < -0.3 is 15.2 Å². The number of benzene rings is 1. The molecule has 0 unspecified atom stereocenters. The monoisotopic (exact) mass is 235 g/mol. The van der Waals surface area contributed by atoms with Gasteiger partial charge in [0, 0.05) is 6.04 Å². The number of ether oxygens (including phenoxy) is 1. The number of hydrogen-bond acceptors (Lipinski definition) is 3. The largest absolute Gasteiger partial charge is 0.498 e. The van der Waals surface area contributed by atoms with Gasteiger partial charge in [-0.25, -0.2) is 0 Å². The molecule has 17 heavy (non-hydrogen) atoms. The zero-order chi connectivity index (χ0) is 12.9. The zero-order valence-corrected chi connectivity index (χ0v) is 10.7. The summed E-state index contributed by atoms with van der Waals surface area (Å²) in [5.74, 6) is 0.345. The van der Waals surface area contributed by atoms with Crippen LogP contribution in [0.4, 0.5) is 0 Å². The summed E-state index contributed by atoms with van der Waals surface area (Å²) in [5.41, 5.74) is -0.438. The normalized spacial score (nSPS) is 16.0. The van der Waals surface area contributed by atoms with Crippen molar-refractivity contribution in [1.29, 1.82) is 0 Å². The van der Waals surface area contributed by atoms with Gasteiger partial charge >= 0.3 is 0 Å². The Labute approximate surface area is 103 Å². The fraction of sp³-hybridized carbons (Fsp3) is 0.429. The first-order valence-corrected chi connectivity index (χ1v) is 5.82. The lowest BCUT2D eigenvalue weighted by molar-refractivity contribution is -0.00798. The summed E-state index contributed by atoms with van der Waals surface area (Å²) >= 11 is 0. The SMILES string of the molecule is C=C(OC)[C@](O)(c1ccccc1)[C@@H](C)NCC. The molecule has 3 nitrogen and oxygen atoms in total. The van der Waals surface area contributed by atoms with Gasteiger partial charge in [0.2, 0.25) is 0 Å². The van der Waals surface area contributed by atoms with Crippen molar-refractivity contribution in [3.05, 3.63) is 48.2 Å². The molecular weight excluding hydrogens is 214 g/mol. The highest BCUT2D eigenvalue weighted by atomic mass is 16.5. The Morgan fingerprint density at radius 1 is 1.47 bits per heavy atom. The van der Waals surface area contributed by atoms with Crippen LogP contribution in [0.15, 0.2) is 42.7 Å². The molecule has 0 saturated heterocycles. The summed E-state index contributed by atoms with van der Waals surface area (Å²) in [6.45, 7) is 8.50. The Bertz CT molecular complexity index is 364. The molecule has 0 radical (unpaired) electrons. The highest BCUT2D eigenvalue weighted by Gasteiger charge is 2.39. The van der Waals surface area contributed by atoms with E-state index in [4.69, 9.17) is 4.74 Å². The van der Waals surface area contributed by atoms with Gasteiger partial charge in [-0.05, 0) is 19.0 Å². The molecule has 3 heteroatoms. The Balaban J connectivity index is 3.15. The summed E-state index contributed by atoms with van der Waals surface area (Å²) < 4.78 is 5.15. The standard InChI is InChI=1S/C14H21NO2/c1-5-15-11(2)14(16,12(3)17-4)13-9-7-6-8-10-13/h6-11,15-16H,3,5H2,1-2,4H3/t11-,14+/m1/s1. The average molecular weight is 235 g/mol. The molecule has 0 aliphatic carbocycles. The molecule has 0 saturated carbocycles. The maximum Gasteiger partial charge on any atom is 0.161 e. The molecule has 1 rings (SSSR count). The van der Waals surface area contributed by atoms with E-state index in [2.05, 4.69) is 11.9 Å². The van der Waals surface area contributed by atoms with E-state index in [0.29, 0.717) is 5.76 Å². The van der Waals surface area contributed by atoms with Crippen LogP contribution in [-0.4, -0.2) is 24.8 Å². The van der Waals surface area contributed by atoms with Crippen molar-refractivity contribution in [2.75, 3.05) is 13.7 Å². The number of nitrogens with one attached hydrogen (secondary N) is 1. The van der Waals surface area contributed by atoms with E-state index >= 15 is 0 Å². The summed E-state index contributed by atoms with van der Waals surface area (Å²) in [6, 6.07) is 9.26. The van der Waals surface area contributed by atoms with E-state index in [9.17, 15) is 5.11 Å². The summed E-state index contributed by atoms with van der Waals surface area (Å²) in [4.78, 5) is 0. The highest BCUT2D eigenvalue weighted by molar-refractivity contribution is 5.31. The van der Waals surface area contributed by atoms with E-state index < -0.39 is 5.60 Å². The summed E-state index contributed by atoms with van der Waals surface area (Å²) in [7, 11) is 1.52. The van der Waals surface area contributed by atoms with Crippen LogP contribution >= 0.6 is 0 Å². The van der Waals surface area contributed by atoms with Crippen LogP contribution in [0, 0.1) is 0 Å². The van der Waals surface area contributed by atoms with E-state index in [1.807, 2.05) is 44.2 Å². The first-order chi connectivity index (χ1) is 8.07. The fourth-order valence-corrected chi connectivity index (χ4v) is 1.95. The third-order valence-electron chi connectivity index (χ3n) is 3.02. The third kappa shape index (κ3) is 2.68. The molecular formula is C14H21NO2. The number of aliphatic hydroxyl groups is 1. The molecule has 0 heterocycles. The lowest BCUT2D eigenvalue weighted by Gasteiger charge is -2.35. The molecule has 1 aromatic carbocycles. The minimum Gasteiger partial charge on any atom is -0.498 e. The van der Waals surface area contributed by atoms with Gasteiger partial charge in [-0.15, -0.1) is 0 Å². The maximum atomic E-state index is 10.9. The van der Waals surface area contributed by atoms with E-state index in [0.717, 1.165) is 12.1 Å². The number of rotatable bonds is 6. The molecule has 0 fully saturated rings. The van der Waals surface area contributed by atoms with Crippen LogP contribution < -0.4 is 5.32 Å². The van der Waals surface area contributed by atoms with Crippen molar-refractivity contribution in [1.82, 2.24) is 5.32 Å². The second kappa shape index (κ2) is 5.84. The summed E-state index contributed by atoms with van der Waals surface area (Å²) in [5, 5.41) is 14.1. The molecule has 0 aliphatic rings. The first-order valence-electron chi connectivity index (χ1n) is 5.82. The van der Waals surface area contributed by atoms with Gasteiger partial charge in [0.1, 0.15) is 5.76 Å². The fourth-order valence-electron chi connectivity index (χ4n) is 1.95. The average Bonchev–Trinajstić information content (AvgIpc) is 2.38. The molecule has 0 amide bonds. The highest BCUT2D eigenvalue weighted by Crippen LogP contribution is 2.32. The van der Waals surface area contributed by atoms with E-state index in [-0.39, 0.29) is 6.04 Å². The Morgan fingerprint density at radius 3 is 2.53 bits per heavy atom. The van der Waals surface area contributed by atoms with Gasteiger partial charge in [-0.2, -0.15) is 0 Å². The Hall–Kier alpha value is -1.32. The Kier molecular flexibility index (Phi) is 4.73. The van der Waals surface area contributed by atoms with Crippen molar-refractivity contribution in [2.45, 2.75) is 25.5 Å². The van der Waals surface area contributed by atoms with Gasteiger partial charge in [-0.3, -0.25) is 0 Å². The molecule has 94 valence electrons. The van der Waals surface area contributed by atoms with Crippen LogP contribution in [0.25, 0.3) is 0 Å². The van der Waals surface area contributed by atoms with E-state index in [1.165, 1.54) is 7.11 Å². The Morgan fingerprint density at radius 2 is 2.06 bits per heavy atom. The summed E-state index contributed by atoms with van der Waals surface area (Å²) in [6.07, 6.45) is 0. The molecule has 0 bridgehead atoms. The smallest absolute Gasteiger partial charge is 0.161 e. The van der Waals surface area contributed by atoms with Gasteiger partial charge in [0.05, 0.1) is 7.11 Å². The zero-order valence-electron chi connectivity index (χ0n) is 10.7. The first kappa shape index (κ1) is 13.7. The minimum absolute atomic E-state index is 0.178. The topological polar surface area (TPSA) is 41.5 Å². The number of likely N-dealkylation sites (N-methyl/N-ethyl adjacent to an activating group) is 1. The second-order valence-corrected chi connectivity index (χ2v) is 4.04. The lowest BCUT2D eigenvalue weighted by atomic mass is 9.85. The van der Waals surface area contributed by atoms with Crippen molar-refractivity contribution >= 4 is 0 Å². The maximum absolute atomic E-state index is 10.9. The number of methoxy groups -OCH3 is 1. The molecule has 1 aromatic rings.